The maximum atomic E-state index is 12.0. The summed E-state index contributed by atoms with van der Waals surface area (Å²) in [6.07, 6.45) is 2.72. The highest BCUT2D eigenvalue weighted by Crippen LogP contribution is 2.19. The average Bonchev–Trinajstić information content (AvgIpc) is 2.85. The van der Waals surface area contributed by atoms with E-state index < -0.39 is 0 Å². The summed E-state index contributed by atoms with van der Waals surface area (Å²) in [4.78, 5) is 16.3. The van der Waals surface area contributed by atoms with Gasteiger partial charge >= 0.3 is 0 Å². The van der Waals surface area contributed by atoms with Gasteiger partial charge in [-0.15, -0.1) is 12.4 Å². The lowest BCUT2D eigenvalue weighted by atomic mass is 10.1. The number of likely N-dealkylation sites (tertiary alicyclic amines) is 1. The number of hydrogen-bond acceptors (Lipinski definition) is 4. The zero-order valence-corrected chi connectivity index (χ0v) is 12.3. The van der Waals surface area contributed by atoms with Crippen LogP contribution in [0.15, 0.2) is 0 Å². The lowest BCUT2D eigenvalue weighted by Gasteiger charge is -2.28. The quantitative estimate of drug-likeness (QED) is 0.745. The molecule has 2 saturated heterocycles. The summed E-state index contributed by atoms with van der Waals surface area (Å²) >= 11 is 0. The number of aliphatic hydroxyl groups excluding tert-OH is 1. The van der Waals surface area contributed by atoms with E-state index in [4.69, 9.17) is 5.11 Å². The highest BCUT2D eigenvalue weighted by atomic mass is 35.5. The Hall–Kier alpha value is -0.360. The molecule has 0 spiro atoms. The molecular formula is C13H26ClN3O2. The Morgan fingerprint density at radius 1 is 1.26 bits per heavy atom. The van der Waals surface area contributed by atoms with Crippen molar-refractivity contribution < 1.29 is 9.90 Å². The zero-order valence-electron chi connectivity index (χ0n) is 11.5. The second-order valence-electron chi connectivity index (χ2n) is 5.35. The minimum Gasteiger partial charge on any atom is -0.396 e. The molecule has 2 aliphatic heterocycles. The fourth-order valence-electron chi connectivity index (χ4n) is 2.86. The summed E-state index contributed by atoms with van der Waals surface area (Å²) in [5.74, 6) is 0.923. The first kappa shape index (κ1) is 16.7. The van der Waals surface area contributed by atoms with Crippen LogP contribution in [0.5, 0.6) is 0 Å². The smallest absolute Gasteiger partial charge is 0.223 e. The van der Waals surface area contributed by atoms with Gasteiger partial charge in [0.1, 0.15) is 0 Å². The van der Waals surface area contributed by atoms with Gasteiger partial charge in [-0.2, -0.15) is 0 Å². The second-order valence-corrected chi connectivity index (χ2v) is 5.35. The number of nitrogens with zero attached hydrogens (tertiary/aromatic N) is 2. The molecule has 0 radical (unpaired) electrons. The first-order valence-corrected chi connectivity index (χ1v) is 7.11. The molecule has 2 aliphatic rings. The van der Waals surface area contributed by atoms with Crippen LogP contribution in [0.25, 0.3) is 0 Å². The molecule has 112 valence electrons. The molecule has 0 saturated carbocycles. The summed E-state index contributed by atoms with van der Waals surface area (Å²) in [6.45, 7) is 6.86. The number of carbonyl (C=O) groups is 1. The monoisotopic (exact) mass is 291 g/mol. The molecule has 2 N–H and O–H groups in total. The summed E-state index contributed by atoms with van der Waals surface area (Å²) in [5.41, 5.74) is 0. The van der Waals surface area contributed by atoms with Crippen LogP contribution in [-0.2, 0) is 4.79 Å². The Balaban J connectivity index is 0.00000180. The molecule has 1 unspecified atom stereocenters. The van der Waals surface area contributed by atoms with E-state index in [-0.39, 0.29) is 19.0 Å². The molecule has 0 aromatic carbocycles. The first-order chi connectivity index (χ1) is 8.79. The molecule has 0 bridgehead atoms. The Kier molecular flexibility index (Phi) is 7.68. The third kappa shape index (κ3) is 5.26. The maximum absolute atomic E-state index is 12.0. The fourth-order valence-corrected chi connectivity index (χ4v) is 2.86. The van der Waals surface area contributed by atoms with E-state index in [1.807, 2.05) is 4.90 Å². The van der Waals surface area contributed by atoms with E-state index in [9.17, 15) is 4.79 Å². The van der Waals surface area contributed by atoms with Crippen LogP contribution in [-0.4, -0.2) is 73.2 Å². The Bertz CT molecular complexity index is 273. The van der Waals surface area contributed by atoms with Crippen LogP contribution in [0, 0.1) is 5.92 Å². The number of nitrogens with one attached hydrogen (secondary N) is 1. The number of hydrogen-bond donors (Lipinski definition) is 2. The van der Waals surface area contributed by atoms with Gasteiger partial charge in [-0.3, -0.25) is 4.79 Å². The van der Waals surface area contributed by atoms with Gasteiger partial charge in [0.05, 0.1) is 0 Å². The van der Waals surface area contributed by atoms with E-state index in [1.54, 1.807) is 0 Å². The number of halogens is 1. The van der Waals surface area contributed by atoms with E-state index in [2.05, 4.69) is 10.2 Å². The van der Waals surface area contributed by atoms with Crippen molar-refractivity contribution in [2.75, 3.05) is 52.4 Å². The second kappa shape index (κ2) is 8.74. The molecule has 2 rings (SSSR count). The fraction of sp³-hybridized carbons (Fsp3) is 0.923. The van der Waals surface area contributed by atoms with E-state index in [1.165, 1.54) is 6.42 Å². The molecule has 0 aromatic heterocycles. The first-order valence-electron chi connectivity index (χ1n) is 7.11. The molecule has 19 heavy (non-hydrogen) atoms. The van der Waals surface area contributed by atoms with Gasteiger partial charge in [0.2, 0.25) is 5.91 Å². The van der Waals surface area contributed by atoms with Crippen molar-refractivity contribution >= 4 is 18.3 Å². The SMILES string of the molecule is Cl.O=C(CCN1CCC(CCO)C1)N1CCNCC1. The zero-order chi connectivity index (χ0) is 12.8. The van der Waals surface area contributed by atoms with Crippen molar-refractivity contribution in [3.05, 3.63) is 0 Å². The third-order valence-corrected chi connectivity index (χ3v) is 4.02. The predicted octanol–water partition coefficient (Wildman–Crippen LogP) is -0.0656. The van der Waals surface area contributed by atoms with Gasteiger partial charge in [-0.25, -0.2) is 0 Å². The summed E-state index contributed by atoms with van der Waals surface area (Å²) in [7, 11) is 0. The number of amides is 1. The normalized spacial score (nSPS) is 24.3. The van der Waals surface area contributed by atoms with Crippen molar-refractivity contribution in [2.45, 2.75) is 19.3 Å². The number of aliphatic hydroxyl groups is 1. The molecule has 6 heteroatoms. The number of rotatable bonds is 5. The van der Waals surface area contributed by atoms with E-state index in [0.717, 1.165) is 52.2 Å². The number of carbonyl (C=O) groups excluding carboxylic acids is 1. The van der Waals surface area contributed by atoms with Gasteiger partial charge in [-0.1, -0.05) is 0 Å². The van der Waals surface area contributed by atoms with Crippen molar-refractivity contribution in [1.29, 1.82) is 0 Å². The highest BCUT2D eigenvalue weighted by molar-refractivity contribution is 5.85. The van der Waals surface area contributed by atoms with E-state index >= 15 is 0 Å². The maximum Gasteiger partial charge on any atom is 0.223 e. The van der Waals surface area contributed by atoms with Gasteiger partial charge in [0, 0.05) is 52.3 Å². The highest BCUT2D eigenvalue weighted by Gasteiger charge is 2.23. The summed E-state index contributed by atoms with van der Waals surface area (Å²) < 4.78 is 0. The third-order valence-electron chi connectivity index (χ3n) is 4.02. The molecule has 1 atom stereocenters. The van der Waals surface area contributed by atoms with Gasteiger partial charge in [-0.05, 0) is 25.3 Å². The Morgan fingerprint density at radius 2 is 2.00 bits per heavy atom. The molecule has 2 heterocycles. The van der Waals surface area contributed by atoms with Crippen molar-refractivity contribution in [3.8, 4) is 0 Å². The van der Waals surface area contributed by atoms with Crippen LogP contribution < -0.4 is 5.32 Å². The number of piperazine rings is 1. The molecule has 0 aliphatic carbocycles. The molecule has 5 nitrogen and oxygen atoms in total. The lowest BCUT2D eigenvalue weighted by Crippen LogP contribution is -2.47. The predicted molar refractivity (Wildman–Crippen MR) is 77.6 cm³/mol. The largest absolute Gasteiger partial charge is 0.396 e. The molecule has 0 aromatic rings. The summed E-state index contributed by atoms with van der Waals surface area (Å²) in [6, 6.07) is 0. The Labute approximate surface area is 121 Å². The van der Waals surface area contributed by atoms with Crippen LogP contribution in [0.4, 0.5) is 0 Å². The van der Waals surface area contributed by atoms with Crippen molar-refractivity contribution in [3.63, 3.8) is 0 Å². The lowest BCUT2D eigenvalue weighted by molar-refractivity contribution is -0.132. The van der Waals surface area contributed by atoms with Gasteiger partial charge in [0.25, 0.3) is 0 Å². The van der Waals surface area contributed by atoms with Crippen molar-refractivity contribution in [2.24, 2.45) is 5.92 Å². The molecular weight excluding hydrogens is 266 g/mol. The van der Waals surface area contributed by atoms with Crippen LogP contribution in [0.1, 0.15) is 19.3 Å². The average molecular weight is 292 g/mol. The van der Waals surface area contributed by atoms with Crippen LogP contribution in [0.2, 0.25) is 0 Å². The summed E-state index contributed by atoms with van der Waals surface area (Å²) in [5, 5.41) is 12.2. The minimum atomic E-state index is 0. The van der Waals surface area contributed by atoms with Crippen molar-refractivity contribution in [1.82, 2.24) is 15.1 Å². The van der Waals surface area contributed by atoms with E-state index in [0.29, 0.717) is 18.2 Å². The minimum absolute atomic E-state index is 0. The van der Waals surface area contributed by atoms with Gasteiger partial charge < -0.3 is 20.2 Å². The standard InChI is InChI=1S/C13H25N3O2.ClH/c17-10-3-12-1-6-15(11-12)7-2-13(18)16-8-4-14-5-9-16;/h12,14,17H,1-11H2;1H. The van der Waals surface area contributed by atoms with Crippen LogP contribution >= 0.6 is 12.4 Å². The Morgan fingerprint density at radius 3 is 2.68 bits per heavy atom. The van der Waals surface area contributed by atoms with Gasteiger partial charge in [0.15, 0.2) is 0 Å². The topological polar surface area (TPSA) is 55.8 Å². The molecule has 2 fully saturated rings. The molecule has 1 amide bonds. The van der Waals surface area contributed by atoms with Crippen LogP contribution in [0.3, 0.4) is 0 Å².